The van der Waals surface area contributed by atoms with Gasteiger partial charge in [-0.3, -0.25) is 14.9 Å². The van der Waals surface area contributed by atoms with E-state index < -0.39 is 11.7 Å². The van der Waals surface area contributed by atoms with Crippen LogP contribution in [0.25, 0.3) is 5.76 Å². The molecule has 1 aromatic heterocycles. The van der Waals surface area contributed by atoms with Gasteiger partial charge in [-0.2, -0.15) is 0 Å². The van der Waals surface area contributed by atoms with Crippen LogP contribution in [0, 0.1) is 0 Å². The van der Waals surface area contributed by atoms with Gasteiger partial charge in [-0.25, -0.2) is 4.98 Å². The van der Waals surface area contributed by atoms with Crippen LogP contribution in [0.1, 0.15) is 5.56 Å². The van der Waals surface area contributed by atoms with E-state index in [4.69, 9.17) is 0 Å². The number of carbonyl (C=O) groups excluding carboxylic acids is 2. The molecule has 0 spiro atoms. The van der Waals surface area contributed by atoms with Crippen LogP contribution in [-0.4, -0.2) is 21.8 Å². The molecule has 1 heterocycles. The molecule has 6 heteroatoms. The largest absolute Gasteiger partial charge is 0.507 e. The zero-order chi connectivity index (χ0) is 13.7. The molecular formula is C13H10N2O3S. The molecule has 0 bridgehead atoms. The van der Waals surface area contributed by atoms with Gasteiger partial charge in [-0.05, 0) is 0 Å². The number of carbonyl (C=O) groups is 2. The van der Waals surface area contributed by atoms with E-state index >= 15 is 0 Å². The Morgan fingerprint density at radius 3 is 2.63 bits per heavy atom. The molecule has 0 atom stereocenters. The topological polar surface area (TPSA) is 79.3 Å². The predicted molar refractivity (Wildman–Crippen MR) is 72.8 cm³/mol. The van der Waals surface area contributed by atoms with Crippen molar-refractivity contribution in [2.45, 2.75) is 0 Å². The SMILES string of the molecule is O=C(/C=C(\O)c1ccccc1)C(=O)Nc1nccs1. The first-order chi connectivity index (χ1) is 9.16. The highest BCUT2D eigenvalue weighted by atomic mass is 32.1. The van der Waals surface area contributed by atoms with Gasteiger partial charge in [-0.1, -0.05) is 30.3 Å². The minimum Gasteiger partial charge on any atom is -0.507 e. The summed E-state index contributed by atoms with van der Waals surface area (Å²) >= 11 is 1.21. The highest BCUT2D eigenvalue weighted by Crippen LogP contribution is 2.12. The van der Waals surface area contributed by atoms with Crippen molar-refractivity contribution in [1.82, 2.24) is 4.98 Å². The maximum atomic E-state index is 11.6. The summed E-state index contributed by atoms with van der Waals surface area (Å²) in [6.07, 6.45) is 2.40. The zero-order valence-electron chi connectivity index (χ0n) is 9.74. The van der Waals surface area contributed by atoms with Crippen molar-refractivity contribution in [3.63, 3.8) is 0 Å². The van der Waals surface area contributed by atoms with Gasteiger partial charge in [0.15, 0.2) is 5.13 Å². The predicted octanol–water partition coefficient (Wildman–Crippen LogP) is 2.25. The smallest absolute Gasteiger partial charge is 0.298 e. The number of aliphatic hydroxyl groups is 1. The molecule has 0 aliphatic rings. The molecule has 5 nitrogen and oxygen atoms in total. The summed E-state index contributed by atoms with van der Waals surface area (Å²) in [6.45, 7) is 0. The Balaban J connectivity index is 2.06. The maximum absolute atomic E-state index is 11.6. The van der Waals surface area contributed by atoms with E-state index in [-0.39, 0.29) is 5.76 Å². The standard InChI is InChI=1S/C13H10N2O3S/c16-10(9-4-2-1-3-5-9)8-11(17)12(18)15-13-14-6-7-19-13/h1-8,16H,(H,14,15,18)/b10-8-. The molecule has 0 saturated carbocycles. The number of nitrogens with one attached hydrogen (secondary N) is 1. The Kier molecular flexibility index (Phi) is 4.04. The number of hydrogen-bond donors (Lipinski definition) is 2. The van der Waals surface area contributed by atoms with Crippen LogP contribution in [0.4, 0.5) is 5.13 Å². The van der Waals surface area contributed by atoms with E-state index in [2.05, 4.69) is 10.3 Å². The van der Waals surface area contributed by atoms with Crippen LogP contribution in [0.15, 0.2) is 48.0 Å². The molecule has 0 unspecified atom stereocenters. The van der Waals surface area contributed by atoms with Gasteiger partial charge in [0.2, 0.25) is 5.78 Å². The first kappa shape index (κ1) is 13.0. The quantitative estimate of drug-likeness (QED) is 0.509. The van der Waals surface area contributed by atoms with Crippen LogP contribution in [0.2, 0.25) is 0 Å². The molecule has 2 N–H and O–H groups in total. The van der Waals surface area contributed by atoms with E-state index in [1.54, 1.807) is 35.7 Å². The number of rotatable bonds is 4. The van der Waals surface area contributed by atoms with Crippen LogP contribution in [-0.2, 0) is 9.59 Å². The lowest BCUT2D eigenvalue weighted by Gasteiger charge is -2.00. The fourth-order valence-corrected chi connectivity index (χ4v) is 1.85. The van der Waals surface area contributed by atoms with E-state index in [9.17, 15) is 14.7 Å². The number of anilines is 1. The number of benzene rings is 1. The van der Waals surface area contributed by atoms with Crippen LogP contribution in [0.3, 0.4) is 0 Å². The number of aromatic nitrogens is 1. The molecule has 19 heavy (non-hydrogen) atoms. The second-order valence-corrected chi connectivity index (χ2v) is 4.45. The summed E-state index contributed by atoms with van der Waals surface area (Å²) < 4.78 is 0. The molecule has 0 saturated heterocycles. The van der Waals surface area contributed by atoms with Crippen molar-refractivity contribution < 1.29 is 14.7 Å². The minimum absolute atomic E-state index is 0.250. The summed E-state index contributed by atoms with van der Waals surface area (Å²) in [4.78, 5) is 26.9. The number of aliphatic hydroxyl groups excluding tert-OH is 1. The van der Waals surface area contributed by atoms with Gasteiger partial charge in [0.25, 0.3) is 5.91 Å². The second kappa shape index (κ2) is 5.92. The summed E-state index contributed by atoms with van der Waals surface area (Å²) in [5.41, 5.74) is 0.470. The number of ketones is 1. The average Bonchev–Trinajstić information content (AvgIpc) is 2.92. The molecule has 0 aliphatic heterocycles. The van der Waals surface area contributed by atoms with Crippen molar-refractivity contribution >= 4 is 33.9 Å². The third-order valence-corrected chi connectivity index (χ3v) is 2.90. The Hall–Kier alpha value is -2.47. The van der Waals surface area contributed by atoms with E-state index in [1.165, 1.54) is 17.5 Å². The van der Waals surface area contributed by atoms with E-state index in [0.29, 0.717) is 10.7 Å². The first-order valence-electron chi connectivity index (χ1n) is 5.37. The summed E-state index contributed by atoms with van der Waals surface area (Å²) in [7, 11) is 0. The number of thiazole rings is 1. The molecule has 1 aromatic carbocycles. The third-order valence-electron chi connectivity index (χ3n) is 2.21. The van der Waals surface area contributed by atoms with E-state index in [1.807, 2.05) is 0 Å². The second-order valence-electron chi connectivity index (χ2n) is 3.55. The summed E-state index contributed by atoms with van der Waals surface area (Å²) in [6, 6.07) is 8.50. The molecule has 1 amide bonds. The highest BCUT2D eigenvalue weighted by Gasteiger charge is 2.13. The maximum Gasteiger partial charge on any atom is 0.298 e. The molecule has 0 radical (unpaired) electrons. The van der Waals surface area contributed by atoms with Gasteiger partial charge >= 0.3 is 0 Å². The van der Waals surface area contributed by atoms with Crippen LogP contribution >= 0.6 is 11.3 Å². The minimum atomic E-state index is -0.837. The summed E-state index contributed by atoms with van der Waals surface area (Å²) in [5, 5.41) is 14.1. The number of amides is 1. The van der Waals surface area contributed by atoms with Crippen LogP contribution in [0.5, 0.6) is 0 Å². The highest BCUT2D eigenvalue weighted by molar-refractivity contribution is 7.13. The third kappa shape index (κ3) is 3.49. The lowest BCUT2D eigenvalue weighted by atomic mass is 10.1. The fourth-order valence-electron chi connectivity index (χ4n) is 1.33. The van der Waals surface area contributed by atoms with E-state index in [0.717, 1.165) is 6.08 Å². The lowest BCUT2D eigenvalue weighted by molar-refractivity contribution is -0.131. The Morgan fingerprint density at radius 2 is 2.00 bits per heavy atom. The summed E-state index contributed by atoms with van der Waals surface area (Å²) in [5.74, 6) is -1.92. The monoisotopic (exact) mass is 274 g/mol. The molecular weight excluding hydrogens is 264 g/mol. The van der Waals surface area contributed by atoms with Gasteiger partial charge in [0.05, 0.1) is 0 Å². The molecule has 0 fully saturated rings. The van der Waals surface area contributed by atoms with Crippen molar-refractivity contribution in [3.05, 3.63) is 53.5 Å². The molecule has 2 rings (SSSR count). The molecule has 0 aliphatic carbocycles. The van der Waals surface area contributed by atoms with Gasteiger partial charge in [0, 0.05) is 23.2 Å². The van der Waals surface area contributed by atoms with Crippen molar-refractivity contribution in [2.75, 3.05) is 5.32 Å². The van der Waals surface area contributed by atoms with Crippen LogP contribution < -0.4 is 5.32 Å². The Labute approximate surface area is 113 Å². The lowest BCUT2D eigenvalue weighted by Crippen LogP contribution is -2.21. The Morgan fingerprint density at radius 1 is 1.26 bits per heavy atom. The average molecular weight is 274 g/mol. The molecule has 2 aromatic rings. The van der Waals surface area contributed by atoms with Crippen molar-refractivity contribution in [3.8, 4) is 0 Å². The zero-order valence-corrected chi connectivity index (χ0v) is 10.6. The number of hydrogen-bond acceptors (Lipinski definition) is 5. The fraction of sp³-hybridized carbons (Fsp3) is 0. The first-order valence-corrected chi connectivity index (χ1v) is 6.25. The van der Waals surface area contributed by atoms with Gasteiger partial charge in [-0.15, -0.1) is 11.3 Å². The van der Waals surface area contributed by atoms with Crippen molar-refractivity contribution in [1.29, 1.82) is 0 Å². The van der Waals surface area contributed by atoms with Gasteiger partial charge in [0.1, 0.15) is 5.76 Å². The molecule has 96 valence electrons. The number of nitrogens with zero attached hydrogens (tertiary/aromatic N) is 1. The van der Waals surface area contributed by atoms with Gasteiger partial charge < -0.3 is 5.11 Å². The Bertz CT molecular complexity index is 606. The normalized spacial score (nSPS) is 11.1. The van der Waals surface area contributed by atoms with Crippen molar-refractivity contribution in [2.24, 2.45) is 0 Å².